The Morgan fingerprint density at radius 3 is 2.70 bits per heavy atom. The summed E-state index contributed by atoms with van der Waals surface area (Å²) in [6.45, 7) is 4.05. The topological polar surface area (TPSA) is 127 Å². The SMILES string of the molecule is CCC(=O)CCCCC[C@H](NC(=O)Cc1c(C)[nH]c2ccc(OC)cc12)c1[nH]c(-c2ccc(F)cc2CN)c[nH+]1. The number of hydrogen-bond donors (Lipinski definition) is 4. The van der Waals surface area contributed by atoms with Crippen molar-refractivity contribution in [1.29, 1.82) is 0 Å². The number of aromatic amines is 3. The van der Waals surface area contributed by atoms with Crippen LogP contribution in [0.2, 0.25) is 0 Å². The van der Waals surface area contributed by atoms with Crippen LogP contribution in [0.25, 0.3) is 22.2 Å². The molecule has 0 saturated carbocycles. The molecule has 0 aliphatic carbocycles. The smallest absolute Gasteiger partial charge is 0.275 e. The van der Waals surface area contributed by atoms with Gasteiger partial charge in [-0.15, -0.1) is 0 Å². The molecule has 4 rings (SSSR count). The van der Waals surface area contributed by atoms with Gasteiger partial charge in [-0.25, -0.2) is 14.4 Å². The standard InChI is InChI=1S/C31H38FN5O3/c1-4-22(38)8-6-5-7-9-28(31-34-18-29(37-31)24-12-10-21(32)14-20(24)17-33)36-30(39)16-25-19(2)35-27-13-11-23(40-3)15-26(25)27/h10-15,18,28,35H,4-9,16-17,33H2,1-3H3,(H,34,37)(H,36,39)/p+1/t28-/m0/s1. The molecule has 1 amide bonds. The van der Waals surface area contributed by atoms with Crippen LogP contribution in [0.3, 0.4) is 0 Å². The van der Waals surface area contributed by atoms with Gasteiger partial charge in [-0.1, -0.05) is 19.8 Å². The highest BCUT2D eigenvalue weighted by atomic mass is 19.1. The van der Waals surface area contributed by atoms with Crippen molar-refractivity contribution in [3.63, 3.8) is 0 Å². The third-order valence-corrected chi connectivity index (χ3v) is 7.41. The third kappa shape index (κ3) is 6.96. The number of hydrogen-bond acceptors (Lipinski definition) is 4. The number of rotatable bonds is 14. The summed E-state index contributed by atoms with van der Waals surface area (Å²) >= 11 is 0. The molecule has 6 N–H and O–H groups in total. The van der Waals surface area contributed by atoms with E-state index in [2.05, 4.69) is 20.3 Å². The van der Waals surface area contributed by atoms with Crippen LogP contribution in [0.1, 0.15) is 74.1 Å². The van der Waals surface area contributed by atoms with E-state index in [-0.39, 0.29) is 36.5 Å². The van der Waals surface area contributed by atoms with E-state index in [9.17, 15) is 14.0 Å². The summed E-state index contributed by atoms with van der Waals surface area (Å²) in [7, 11) is 1.62. The van der Waals surface area contributed by atoms with E-state index >= 15 is 0 Å². The molecule has 0 fully saturated rings. The lowest BCUT2D eigenvalue weighted by molar-refractivity contribution is -0.391. The van der Waals surface area contributed by atoms with Gasteiger partial charge in [-0.2, -0.15) is 0 Å². The number of ketones is 1. The van der Waals surface area contributed by atoms with Crippen molar-refractivity contribution in [2.75, 3.05) is 7.11 Å². The number of carbonyl (C=O) groups is 2. The minimum Gasteiger partial charge on any atom is -0.497 e. The van der Waals surface area contributed by atoms with E-state index < -0.39 is 0 Å². The first kappa shape index (κ1) is 29.0. The average Bonchev–Trinajstić information content (AvgIpc) is 3.56. The first-order valence-electron chi connectivity index (χ1n) is 13.9. The highest BCUT2D eigenvalue weighted by Crippen LogP contribution is 2.28. The molecule has 9 heteroatoms. The average molecular weight is 549 g/mol. The molecule has 0 bridgehead atoms. The fourth-order valence-electron chi connectivity index (χ4n) is 5.13. The molecule has 0 radical (unpaired) electrons. The molecule has 0 spiro atoms. The van der Waals surface area contributed by atoms with Gasteiger partial charge in [0.2, 0.25) is 5.91 Å². The van der Waals surface area contributed by atoms with Crippen LogP contribution >= 0.6 is 0 Å². The normalized spacial score (nSPS) is 12.0. The number of unbranched alkanes of at least 4 members (excludes halogenated alkanes) is 2. The Morgan fingerprint density at radius 2 is 1.95 bits per heavy atom. The molecule has 0 aliphatic heterocycles. The summed E-state index contributed by atoms with van der Waals surface area (Å²) in [6, 6.07) is 10.0. The third-order valence-electron chi connectivity index (χ3n) is 7.41. The lowest BCUT2D eigenvalue weighted by Crippen LogP contribution is -2.33. The molecule has 40 heavy (non-hydrogen) atoms. The number of carbonyl (C=O) groups excluding carboxylic acids is 2. The number of aromatic nitrogens is 3. The van der Waals surface area contributed by atoms with Gasteiger partial charge in [0.15, 0.2) is 5.69 Å². The van der Waals surface area contributed by atoms with E-state index in [1.54, 1.807) is 13.2 Å². The summed E-state index contributed by atoms with van der Waals surface area (Å²) in [5.41, 5.74) is 10.9. The first-order chi connectivity index (χ1) is 19.3. The van der Waals surface area contributed by atoms with Crippen molar-refractivity contribution in [3.8, 4) is 17.0 Å². The number of ether oxygens (including phenoxy) is 1. The number of fused-ring (bicyclic) bond motifs is 1. The maximum absolute atomic E-state index is 13.8. The van der Waals surface area contributed by atoms with Crippen LogP contribution < -0.4 is 20.8 Å². The van der Waals surface area contributed by atoms with Crippen molar-refractivity contribution in [2.24, 2.45) is 5.73 Å². The zero-order valence-electron chi connectivity index (χ0n) is 23.5. The summed E-state index contributed by atoms with van der Waals surface area (Å²) in [6.07, 6.45) is 6.43. The Bertz CT molecular complexity index is 1480. The van der Waals surface area contributed by atoms with E-state index in [4.69, 9.17) is 10.5 Å². The molecule has 0 saturated heterocycles. The monoisotopic (exact) mass is 548 g/mol. The molecule has 0 aliphatic rings. The largest absolute Gasteiger partial charge is 0.497 e. The van der Waals surface area contributed by atoms with Crippen LogP contribution in [0, 0.1) is 12.7 Å². The number of methoxy groups -OCH3 is 1. The van der Waals surface area contributed by atoms with Crippen molar-refractivity contribution >= 4 is 22.6 Å². The summed E-state index contributed by atoms with van der Waals surface area (Å²) < 4.78 is 19.2. The highest BCUT2D eigenvalue weighted by Gasteiger charge is 2.25. The number of amides is 1. The van der Waals surface area contributed by atoms with E-state index in [0.29, 0.717) is 24.8 Å². The number of H-pyrrole nitrogens is 3. The molecule has 2 aromatic carbocycles. The zero-order chi connectivity index (χ0) is 28.6. The Balaban J connectivity index is 1.53. The summed E-state index contributed by atoms with van der Waals surface area (Å²) in [5.74, 6) is 1.31. The molecule has 212 valence electrons. The molecule has 2 aromatic heterocycles. The van der Waals surface area contributed by atoms with Gasteiger partial charge in [-0.05, 0) is 67.3 Å². The number of Topliss-reactive ketones (excluding diaryl/α,β-unsaturated/α-hetero) is 1. The van der Waals surface area contributed by atoms with Crippen LogP contribution in [0.5, 0.6) is 5.75 Å². The number of aryl methyl sites for hydroxylation is 1. The van der Waals surface area contributed by atoms with Crippen molar-refractivity contribution in [3.05, 3.63) is 71.1 Å². The fraction of sp³-hybridized carbons (Fsp3) is 0.387. The van der Waals surface area contributed by atoms with Gasteiger partial charge < -0.3 is 20.8 Å². The predicted octanol–water partition coefficient (Wildman–Crippen LogP) is 5.22. The van der Waals surface area contributed by atoms with Crippen molar-refractivity contribution < 1.29 is 23.7 Å². The molecular formula is C31H39FN5O3+. The van der Waals surface area contributed by atoms with E-state index in [1.165, 1.54) is 12.1 Å². The Labute approximate surface area is 233 Å². The van der Waals surface area contributed by atoms with E-state index in [0.717, 1.165) is 64.3 Å². The summed E-state index contributed by atoms with van der Waals surface area (Å²) in [4.78, 5) is 35.1. The van der Waals surface area contributed by atoms with Gasteiger partial charge in [0, 0.05) is 41.5 Å². The Morgan fingerprint density at radius 1 is 1.12 bits per heavy atom. The maximum Gasteiger partial charge on any atom is 0.275 e. The Kier molecular flexibility index (Phi) is 9.71. The second kappa shape index (κ2) is 13.4. The predicted molar refractivity (Wildman–Crippen MR) is 153 cm³/mol. The summed E-state index contributed by atoms with van der Waals surface area (Å²) in [5, 5.41) is 4.17. The first-order valence-corrected chi connectivity index (χ1v) is 13.9. The lowest BCUT2D eigenvalue weighted by Gasteiger charge is -2.14. The van der Waals surface area contributed by atoms with E-state index in [1.807, 2.05) is 38.2 Å². The minimum atomic E-state index is -0.336. The molecular weight excluding hydrogens is 509 g/mol. The second-order valence-electron chi connectivity index (χ2n) is 10.2. The number of imidazole rings is 1. The zero-order valence-corrected chi connectivity index (χ0v) is 23.5. The van der Waals surface area contributed by atoms with Crippen LogP contribution in [-0.2, 0) is 22.6 Å². The fourth-order valence-corrected chi connectivity index (χ4v) is 5.13. The van der Waals surface area contributed by atoms with Gasteiger partial charge in [0.05, 0.1) is 13.5 Å². The second-order valence-corrected chi connectivity index (χ2v) is 10.2. The van der Waals surface area contributed by atoms with Crippen molar-refractivity contribution in [2.45, 2.75) is 71.4 Å². The molecule has 2 heterocycles. The Hall–Kier alpha value is -3.98. The quantitative estimate of drug-likeness (QED) is 0.161. The van der Waals surface area contributed by atoms with Gasteiger partial charge in [0.1, 0.15) is 29.6 Å². The number of nitrogens with two attached hydrogens (primary N) is 1. The van der Waals surface area contributed by atoms with Crippen LogP contribution in [-0.4, -0.2) is 28.8 Å². The lowest BCUT2D eigenvalue weighted by atomic mass is 10.0. The van der Waals surface area contributed by atoms with Crippen LogP contribution in [0.4, 0.5) is 4.39 Å². The number of benzene rings is 2. The van der Waals surface area contributed by atoms with Crippen LogP contribution in [0.15, 0.2) is 42.6 Å². The maximum atomic E-state index is 13.8. The van der Waals surface area contributed by atoms with Gasteiger partial charge in [-0.3, -0.25) is 9.59 Å². The van der Waals surface area contributed by atoms with Gasteiger partial charge in [0.25, 0.3) is 5.82 Å². The van der Waals surface area contributed by atoms with Gasteiger partial charge >= 0.3 is 0 Å². The molecule has 8 nitrogen and oxygen atoms in total. The molecule has 4 aromatic rings. The molecule has 1 atom stereocenters. The molecule has 0 unspecified atom stereocenters. The highest BCUT2D eigenvalue weighted by molar-refractivity contribution is 5.91. The van der Waals surface area contributed by atoms with Crippen molar-refractivity contribution in [1.82, 2.24) is 15.3 Å². The number of halogens is 1. The number of nitrogens with one attached hydrogen (secondary N) is 4. The minimum absolute atomic E-state index is 0.105.